The number of hydrogen-bond acceptors (Lipinski definition) is 3. The summed E-state index contributed by atoms with van der Waals surface area (Å²) >= 11 is 0. The summed E-state index contributed by atoms with van der Waals surface area (Å²) < 4.78 is 5.10. The number of aliphatic hydroxyl groups excluding tert-OH is 1. The van der Waals surface area contributed by atoms with Gasteiger partial charge in [-0.15, -0.1) is 0 Å². The van der Waals surface area contributed by atoms with Gasteiger partial charge < -0.3 is 20.2 Å². The summed E-state index contributed by atoms with van der Waals surface area (Å²) in [4.78, 5) is 11.4. The molecular formula is C13H22N2O3. The number of carbonyl (C=O) groups is 1. The van der Waals surface area contributed by atoms with E-state index in [1.807, 2.05) is 19.9 Å². The number of furan rings is 1. The highest BCUT2D eigenvalue weighted by molar-refractivity contribution is 5.73. The van der Waals surface area contributed by atoms with Crippen LogP contribution >= 0.6 is 0 Å². The Morgan fingerprint density at radius 1 is 1.44 bits per heavy atom. The minimum absolute atomic E-state index is 0.0771. The van der Waals surface area contributed by atoms with E-state index in [9.17, 15) is 4.79 Å². The van der Waals surface area contributed by atoms with Crippen LogP contribution in [0.1, 0.15) is 32.4 Å². The van der Waals surface area contributed by atoms with Crippen LogP contribution in [0.4, 0.5) is 4.79 Å². The Kier molecular flexibility index (Phi) is 5.71. The Balaban J connectivity index is 2.07. The Morgan fingerprint density at radius 2 is 2.22 bits per heavy atom. The quantitative estimate of drug-likeness (QED) is 0.650. The summed E-state index contributed by atoms with van der Waals surface area (Å²) in [5.41, 5.74) is -0.0771. The van der Waals surface area contributed by atoms with Gasteiger partial charge >= 0.3 is 6.03 Å². The maximum absolute atomic E-state index is 11.4. The Bertz CT molecular complexity index is 347. The SMILES string of the molecule is CC(C)(CO)CCCNC(=O)NCc1ccco1. The van der Waals surface area contributed by atoms with Crippen molar-refractivity contribution in [2.75, 3.05) is 13.2 Å². The van der Waals surface area contributed by atoms with Crippen LogP contribution in [0.15, 0.2) is 22.8 Å². The first-order valence-corrected chi connectivity index (χ1v) is 6.18. The zero-order valence-corrected chi connectivity index (χ0v) is 11.0. The number of urea groups is 1. The van der Waals surface area contributed by atoms with Crippen LogP contribution in [0.25, 0.3) is 0 Å². The van der Waals surface area contributed by atoms with E-state index in [4.69, 9.17) is 9.52 Å². The van der Waals surface area contributed by atoms with Crippen molar-refractivity contribution >= 4 is 6.03 Å². The Morgan fingerprint density at radius 3 is 2.83 bits per heavy atom. The van der Waals surface area contributed by atoms with E-state index in [0.29, 0.717) is 13.1 Å². The van der Waals surface area contributed by atoms with Crippen LogP contribution < -0.4 is 10.6 Å². The molecule has 0 unspecified atom stereocenters. The summed E-state index contributed by atoms with van der Waals surface area (Å²) in [5, 5.41) is 14.6. The van der Waals surface area contributed by atoms with Gasteiger partial charge in [0.25, 0.3) is 0 Å². The molecule has 0 bridgehead atoms. The molecular weight excluding hydrogens is 232 g/mol. The molecule has 5 heteroatoms. The molecule has 5 nitrogen and oxygen atoms in total. The summed E-state index contributed by atoms with van der Waals surface area (Å²) in [5.74, 6) is 0.728. The smallest absolute Gasteiger partial charge is 0.315 e. The van der Waals surface area contributed by atoms with Gasteiger partial charge in [-0.25, -0.2) is 4.79 Å². The molecule has 0 aromatic carbocycles. The summed E-state index contributed by atoms with van der Waals surface area (Å²) in [6.45, 7) is 5.17. The molecule has 0 saturated carbocycles. The molecule has 0 aliphatic heterocycles. The predicted molar refractivity (Wildman–Crippen MR) is 69.0 cm³/mol. The van der Waals surface area contributed by atoms with Crippen LogP contribution in [-0.4, -0.2) is 24.3 Å². The van der Waals surface area contributed by atoms with Gasteiger partial charge in [-0.1, -0.05) is 13.8 Å². The molecule has 0 aliphatic rings. The third-order valence-electron chi connectivity index (χ3n) is 2.75. The van der Waals surface area contributed by atoms with Gasteiger partial charge in [0, 0.05) is 13.2 Å². The molecule has 18 heavy (non-hydrogen) atoms. The van der Waals surface area contributed by atoms with Crippen LogP contribution in [-0.2, 0) is 6.54 Å². The molecule has 1 rings (SSSR count). The standard InChI is InChI=1S/C13H22N2O3/c1-13(2,10-16)6-4-7-14-12(17)15-9-11-5-3-8-18-11/h3,5,8,16H,4,6-7,9-10H2,1-2H3,(H2,14,15,17). The monoisotopic (exact) mass is 254 g/mol. The molecule has 1 heterocycles. The number of rotatable bonds is 7. The van der Waals surface area contributed by atoms with Crippen molar-refractivity contribution < 1.29 is 14.3 Å². The van der Waals surface area contributed by atoms with Gasteiger partial charge in [-0.2, -0.15) is 0 Å². The van der Waals surface area contributed by atoms with E-state index in [2.05, 4.69) is 10.6 Å². The number of carbonyl (C=O) groups excluding carboxylic acids is 1. The number of nitrogens with one attached hydrogen (secondary N) is 2. The van der Waals surface area contributed by atoms with Gasteiger partial charge in [0.15, 0.2) is 0 Å². The molecule has 0 fully saturated rings. The van der Waals surface area contributed by atoms with E-state index in [1.54, 1.807) is 12.3 Å². The van der Waals surface area contributed by atoms with Crippen LogP contribution in [0.3, 0.4) is 0 Å². The normalized spacial score (nSPS) is 11.3. The average molecular weight is 254 g/mol. The third kappa shape index (κ3) is 5.72. The third-order valence-corrected chi connectivity index (χ3v) is 2.75. The van der Waals surface area contributed by atoms with Crippen LogP contribution in [0, 0.1) is 5.41 Å². The van der Waals surface area contributed by atoms with Crippen molar-refractivity contribution in [2.24, 2.45) is 5.41 Å². The zero-order chi connectivity index (χ0) is 13.4. The van der Waals surface area contributed by atoms with Gasteiger partial charge in [0.1, 0.15) is 5.76 Å². The second-order valence-electron chi connectivity index (χ2n) is 5.11. The zero-order valence-electron chi connectivity index (χ0n) is 11.0. The minimum Gasteiger partial charge on any atom is -0.467 e. The number of aliphatic hydroxyl groups is 1. The molecule has 0 spiro atoms. The van der Waals surface area contributed by atoms with Gasteiger partial charge in [-0.05, 0) is 30.4 Å². The maximum atomic E-state index is 11.4. The Hall–Kier alpha value is -1.49. The van der Waals surface area contributed by atoms with Gasteiger partial charge in [-0.3, -0.25) is 0 Å². The van der Waals surface area contributed by atoms with E-state index in [-0.39, 0.29) is 18.1 Å². The van der Waals surface area contributed by atoms with Crippen molar-refractivity contribution in [3.63, 3.8) is 0 Å². The highest BCUT2D eigenvalue weighted by Crippen LogP contribution is 2.20. The van der Waals surface area contributed by atoms with Crippen molar-refractivity contribution in [1.29, 1.82) is 0 Å². The topological polar surface area (TPSA) is 74.5 Å². The summed E-state index contributed by atoms with van der Waals surface area (Å²) in [7, 11) is 0. The molecule has 0 atom stereocenters. The van der Waals surface area contributed by atoms with Crippen molar-refractivity contribution in [1.82, 2.24) is 10.6 Å². The number of amides is 2. The fraction of sp³-hybridized carbons (Fsp3) is 0.615. The average Bonchev–Trinajstić information content (AvgIpc) is 2.85. The molecule has 2 amide bonds. The fourth-order valence-corrected chi connectivity index (χ4v) is 1.49. The fourth-order valence-electron chi connectivity index (χ4n) is 1.49. The lowest BCUT2D eigenvalue weighted by Gasteiger charge is -2.21. The lowest BCUT2D eigenvalue weighted by molar-refractivity contribution is 0.148. The second-order valence-corrected chi connectivity index (χ2v) is 5.11. The highest BCUT2D eigenvalue weighted by Gasteiger charge is 2.15. The maximum Gasteiger partial charge on any atom is 0.315 e. The van der Waals surface area contributed by atoms with Crippen LogP contribution in [0.2, 0.25) is 0 Å². The first kappa shape index (κ1) is 14.6. The highest BCUT2D eigenvalue weighted by atomic mass is 16.3. The van der Waals surface area contributed by atoms with E-state index >= 15 is 0 Å². The predicted octanol–water partition coefficient (Wildman–Crippen LogP) is 1.88. The van der Waals surface area contributed by atoms with E-state index in [1.165, 1.54) is 0 Å². The summed E-state index contributed by atoms with van der Waals surface area (Å²) in [6.07, 6.45) is 3.30. The lowest BCUT2D eigenvalue weighted by Crippen LogP contribution is -2.35. The molecule has 1 aromatic rings. The molecule has 3 N–H and O–H groups in total. The van der Waals surface area contributed by atoms with E-state index in [0.717, 1.165) is 18.6 Å². The molecule has 102 valence electrons. The largest absolute Gasteiger partial charge is 0.467 e. The Labute approximate surface area is 108 Å². The lowest BCUT2D eigenvalue weighted by atomic mass is 9.89. The minimum atomic E-state index is -0.201. The van der Waals surface area contributed by atoms with Gasteiger partial charge in [0.2, 0.25) is 0 Å². The first-order valence-electron chi connectivity index (χ1n) is 6.18. The summed E-state index contributed by atoms with van der Waals surface area (Å²) in [6, 6.07) is 3.39. The molecule has 0 radical (unpaired) electrons. The number of hydrogen-bond donors (Lipinski definition) is 3. The van der Waals surface area contributed by atoms with Gasteiger partial charge in [0.05, 0.1) is 12.8 Å². The first-order chi connectivity index (χ1) is 8.53. The van der Waals surface area contributed by atoms with Crippen molar-refractivity contribution in [2.45, 2.75) is 33.2 Å². The van der Waals surface area contributed by atoms with E-state index < -0.39 is 0 Å². The van der Waals surface area contributed by atoms with Crippen molar-refractivity contribution in [3.05, 3.63) is 24.2 Å². The second kappa shape index (κ2) is 7.06. The molecule has 0 aliphatic carbocycles. The molecule has 0 saturated heterocycles. The van der Waals surface area contributed by atoms with Crippen molar-refractivity contribution in [3.8, 4) is 0 Å². The molecule has 1 aromatic heterocycles. The van der Waals surface area contributed by atoms with Crippen LogP contribution in [0.5, 0.6) is 0 Å².